The Hall–Kier alpha value is -2.82. The largest absolute Gasteiger partial charge is 0.483 e. The molecule has 0 saturated heterocycles. The smallest absolute Gasteiger partial charge is 0.262 e. The van der Waals surface area contributed by atoms with Gasteiger partial charge < -0.3 is 15.4 Å². The molecule has 0 spiro atoms. The summed E-state index contributed by atoms with van der Waals surface area (Å²) in [4.78, 5) is 24.3. The number of amides is 2. The molecule has 0 aliphatic rings. The summed E-state index contributed by atoms with van der Waals surface area (Å²) in [6.45, 7) is 6.53. The number of aryl methyl sites for hydroxylation is 2. The molecule has 0 unspecified atom stereocenters. The topological polar surface area (TPSA) is 67.4 Å². The van der Waals surface area contributed by atoms with E-state index in [9.17, 15) is 9.59 Å². The predicted octanol–water partition coefficient (Wildman–Crippen LogP) is 3.85. The lowest BCUT2D eigenvalue weighted by molar-refractivity contribution is -0.118. The highest BCUT2D eigenvalue weighted by molar-refractivity contribution is 5.97. The van der Waals surface area contributed by atoms with E-state index in [1.54, 1.807) is 24.3 Å². The Bertz CT molecular complexity index is 751. The van der Waals surface area contributed by atoms with E-state index >= 15 is 0 Å². The molecular formula is C21H26N2O3. The summed E-state index contributed by atoms with van der Waals surface area (Å²) in [6, 6.07) is 12.7. The Morgan fingerprint density at radius 1 is 1.04 bits per heavy atom. The van der Waals surface area contributed by atoms with Gasteiger partial charge in [0, 0.05) is 17.8 Å². The summed E-state index contributed by atoms with van der Waals surface area (Å²) in [6.07, 6.45) is 1.97. The minimum absolute atomic E-state index is 0.0847. The van der Waals surface area contributed by atoms with E-state index in [2.05, 4.69) is 17.6 Å². The molecule has 0 bridgehead atoms. The highest BCUT2D eigenvalue weighted by Crippen LogP contribution is 2.22. The molecule has 2 aromatic rings. The molecule has 26 heavy (non-hydrogen) atoms. The molecule has 0 saturated carbocycles. The van der Waals surface area contributed by atoms with Crippen LogP contribution in [0, 0.1) is 13.8 Å². The predicted molar refractivity (Wildman–Crippen MR) is 104 cm³/mol. The van der Waals surface area contributed by atoms with E-state index in [-0.39, 0.29) is 18.4 Å². The highest BCUT2D eigenvalue weighted by Gasteiger charge is 2.10. The van der Waals surface area contributed by atoms with Crippen LogP contribution in [0.3, 0.4) is 0 Å². The van der Waals surface area contributed by atoms with Gasteiger partial charge >= 0.3 is 0 Å². The van der Waals surface area contributed by atoms with Gasteiger partial charge in [0.15, 0.2) is 6.61 Å². The monoisotopic (exact) mass is 354 g/mol. The molecular weight excluding hydrogens is 328 g/mol. The van der Waals surface area contributed by atoms with Crippen molar-refractivity contribution in [2.45, 2.75) is 33.6 Å². The van der Waals surface area contributed by atoms with Crippen molar-refractivity contribution in [1.82, 2.24) is 5.32 Å². The average Bonchev–Trinajstić information content (AvgIpc) is 2.61. The fourth-order valence-electron chi connectivity index (χ4n) is 2.58. The first kappa shape index (κ1) is 19.5. The fourth-order valence-corrected chi connectivity index (χ4v) is 2.58. The molecule has 0 aliphatic heterocycles. The number of carbonyl (C=O) groups excluding carboxylic acids is 2. The number of rotatable bonds is 8. The van der Waals surface area contributed by atoms with Gasteiger partial charge in [-0.2, -0.15) is 0 Å². The summed E-state index contributed by atoms with van der Waals surface area (Å²) in [7, 11) is 0. The van der Waals surface area contributed by atoms with Crippen LogP contribution < -0.4 is 15.4 Å². The third-order valence-electron chi connectivity index (χ3n) is 3.98. The Balaban J connectivity index is 1.92. The van der Waals surface area contributed by atoms with Gasteiger partial charge in [-0.05, 0) is 49.6 Å². The number of anilines is 1. The molecule has 0 aromatic heterocycles. The van der Waals surface area contributed by atoms with Gasteiger partial charge in [0.25, 0.3) is 11.8 Å². The van der Waals surface area contributed by atoms with Crippen molar-refractivity contribution in [3.63, 3.8) is 0 Å². The molecule has 0 fully saturated rings. The molecule has 138 valence electrons. The third-order valence-corrected chi connectivity index (χ3v) is 3.98. The molecule has 2 rings (SSSR count). The molecule has 2 aromatic carbocycles. The third kappa shape index (κ3) is 5.62. The van der Waals surface area contributed by atoms with Crippen LogP contribution >= 0.6 is 0 Å². The molecule has 0 aliphatic carbocycles. The number of unbranched alkanes of at least 4 members (excludes halogenated alkanes) is 1. The second kappa shape index (κ2) is 9.61. The standard InChI is InChI=1S/C21H26N2O3/c1-4-5-12-22-21(25)17-10-7-11-18(13-17)23-19(24)14-26-20-15(2)8-6-9-16(20)3/h6-11,13H,4-5,12,14H2,1-3H3,(H,22,25)(H,23,24). The summed E-state index contributed by atoms with van der Waals surface area (Å²) >= 11 is 0. The minimum atomic E-state index is -0.267. The van der Waals surface area contributed by atoms with Gasteiger partial charge in [0.1, 0.15) is 5.75 Å². The van der Waals surface area contributed by atoms with Crippen molar-refractivity contribution >= 4 is 17.5 Å². The number of ether oxygens (including phenoxy) is 1. The van der Waals surface area contributed by atoms with Crippen molar-refractivity contribution in [2.24, 2.45) is 0 Å². The van der Waals surface area contributed by atoms with Crippen molar-refractivity contribution in [2.75, 3.05) is 18.5 Å². The molecule has 2 amide bonds. The zero-order chi connectivity index (χ0) is 18.9. The Morgan fingerprint density at radius 3 is 2.42 bits per heavy atom. The van der Waals surface area contributed by atoms with Crippen molar-refractivity contribution in [1.29, 1.82) is 0 Å². The van der Waals surface area contributed by atoms with Gasteiger partial charge in [0.05, 0.1) is 0 Å². The summed E-state index contributed by atoms with van der Waals surface area (Å²) in [5.41, 5.74) is 3.07. The van der Waals surface area contributed by atoms with Crippen molar-refractivity contribution in [3.05, 3.63) is 59.2 Å². The highest BCUT2D eigenvalue weighted by atomic mass is 16.5. The van der Waals surface area contributed by atoms with Crippen LogP contribution in [-0.4, -0.2) is 25.0 Å². The first-order chi connectivity index (χ1) is 12.5. The van der Waals surface area contributed by atoms with E-state index < -0.39 is 0 Å². The van der Waals surface area contributed by atoms with E-state index in [4.69, 9.17) is 4.74 Å². The summed E-state index contributed by atoms with van der Waals surface area (Å²) in [5, 5.41) is 5.63. The lowest BCUT2D eigenvalue weighted by atomic mass is 10.1. The summed E-state index contributed by atoms with van der Waals surface area (Å²) < 4.78 is 5.65. The van der Waals surface area contributed by atoms with Gasteiger partial charge in [-0.1, -0.05) is 37.6 Å². The van der Waals surface area contributed by atoms with Crippen LogP contribution in [0.1, 0.15) is 41.3 Å². The average molecular weight is 354 g/mol. The maximum atomic E-state index is 12.2. The lowest BCUT2D eigenvalue weighted by Crippen LogP contribution is -2.25. The van der Waals surface area contributed by atoms with E-state index in [0.29, 0.717) is 17.8 Å². The maximum absolute atomic E-state index is 12.2. The first-order valence-electron chi connectivity index (χ1n) is 8.88. The zero-order valence-electron chi connectivity index (χ0n) is 15.6. The number of hydrogen-bond acceptors (Lipinski definition) is 3. The number of nitrogens with one attached hydrogen (secondary N) is 2. The number of carbonyl (C=O) groups is 2. The maximum Gasteiger partial charge on any atom is 0.262 e. The quantitative estimate of drug-likeness (QED) is 0.708. The molecule has 0 heterocycles. The SMILES string of the molecule is CCCCNC(=O)c1cccc(NC(=O)COc2c(C)cccc2C)c1. The zero-order valence-corrected chi connectivity index (χ0v) is 15.6. The lowest BCUT2D eigenvalue weighted by Gasteiger charge is -2.12. The van der Waals surface area contributed by atoms with Gasteiger partial charge in [-0.15, -0.1) is 0 Å². The van der Waals surface area contributed by atoms with Gasteiger partial charge in [-0.3, -0.25) is 9.59 Å². The number of para-hydroxylation sites is 1. The van der Waals surface area contributed by atoms with E-state index in [0.717, 1.165) is 29.7 Å². The summed E-state index contributed by atoms with van der Waals surface area (Å²) in [5.74, 6) is 0.323. The van der Waals surface area contributed by atoms with Crippen molar-refractivity contribution < 1.29 is 14.3 Å². The molecule has 5 nitrogen and oxygen atoms in total. The van der Waals surface area contributed by atoms with Crippen LogP contribution in [-0.2, 0) is 4.79 Å². The normalized spacial score (nSPS) is 10.3. The van der Waals surface area contributed by atoms with Crippen LogP contribution in [0.5, 0.6) is 5.75 Å². The van der Waals surface area contributed by atoms with Gasteiger partial charge in [-0.25, -0.2) is 0 Å². The Kier molecular flexibility index (Phi) is 7.21. The molecule has 0 radical (unpaired) electrons. The van der Waals surface area contributed by atoms with Crippen LogP contribution in [0.2, 0.25) is 0 Å². The first-order valence-corrected chi connectivity index (χ1v) is 8.88. The Labute approximate surface area is 154 Å². The van der Waals surface area contributed by atoms with Crippen molar-refractivity contribution in [3.8, 4) is 5.75 Å². The van der Waals surface area contributed by atoms with Crippen LogP contribution in [0.4, 0.5) is 5.69 Å². The fraction of sp³-hybridized carbons (Fsp3) is 0.333. The molecule has 2 N–H and O–H groups in total. The van der Waals surface area contributed by atoms with Gasteiger partial charge in [0.2, 0.25) is 0 Å². The van der Waals surface area contributed by atoms with E-state index in [1.165, 1.54) is 0 Å². The van der Waals surface area contributed by atoms with Crippen LogP contribution in [0.25, 0.3) is 0 Å². The Morgan fingerprint density at radius 2 is 1.73 bits per heavy atom. The second-order valence-corrected chi connectivity index (χ2v) is 6.25. The second-order valence-electron chi connectivity index (χ2n) is 6.25. The van der Waals surface area contributed by atoms with Crippen LogP contribution in [0.15, 0.2) is 42.5 Å². The number of hydrogen-bond donors (Lipinski definition) is 2. The molecule has 5 heteroatoms. The number of benzene rings is 2. The molecule has 0 atom stereocenters. The van der Waals surface area contributed by atoms with E-state index in [1.807, 2.05) is 32.0 Å². The minimum Gasteiger partial charge on any atom is -0.483 e.